The fraction of sp³-hybridized carbons (Fsp3) is 0.273. The van der Waals surface area contributed by atoms with E-state index in [2.05, 4.69) is 60.1 Å². The molecule has 3 rings (SSSR count). The Morgan fingerprint density at radius 1 is 0.926 bits per heavy atom. The minimum absolute atomic E-state index is 0. The first-order chi connectivity index (χ1) is 12.8. The maximum Gasteiger partial charge on any atom is 0.166 e. The van der Waals surface area contributed by atoms with Crippen molar-refractivity contribution in [1.29, 1.82) is 0 Å². The molecule has 0 amide bonds. The first-order valence-electron chi connectivity index (χ1n) is 8.92. The van der Waals surface area contributed by atoms with Crippen molar-refractivity contribution >= 4 is 23.7 Å². The fourth-order valence-corrected chi connectivity index (χ4v) is 3.38. The Labute approximate surface area is 171 Å². The van der Waals surface area contributed by atoms with E-state index in [0.717, 1.165) is 35.7 Å². The van der Waals surface area contributed by atoms with E-state index in [4.69, 9.17) is 9.47 Å². The smallest absolute Gasteiger partial charge is 0.166 e. The molecule has 0 aliphatic carbocycles. The SMILES string of the molecule is CCOc1cccc(CNCc2cccs2)c1OCc1ccc(C)cc1.Cl. The van der Waals surface area contributed by atoms with Crippen LogP contribution in [-0.4, -0.2) is 6.61 Å². The molecule has 0 aliphatic rings. The van der Waals surface area contributed by atoms with Gasteiger partial charge in [-0.25, -0.2) is 0 Å². The molecule has 1 aromatic heterocycles. The van der Waals surface area contributed by atoms with Gasteiger partial charge in [-0.2, -0.15) is 0 Å². The highest BCUT2D eigenvalue weighted by Gasteiger charge is 2.11. The Morgan fingerprint density at radius 2 is 1.74 bits per heavy atom. The van der Waals surface area contributed by atoms with Gasteiger partial charge in [-0.15, -0.1) is 23.7 Å². The van der Waals surface area contributed by atoms with Crippen molar-refractivity contribution in [2.75, 3.05) is 6.61 Å². The minimum Gasteiger partial charge on any atom is -0.490 e. The Hall–Kier alpha value is -2.01. The largest absolute Gasteiger partial charge is 0.490 e. The maximum atomic E-state index is 6.17. The van der Waals surface area contributed by atoms with Gasteiger partial charge < -0.3 is 14.8 Å². The van der Waals surface area contributed by atoms with Crippen LogP contribution in [0.1, 0.15) is 28.5 Å². The van der Waals surface area contributed by atoms with Gasteiger partial charge in [-0.1, -0.05) is 48.0 Å². The van der Waals surface area contributed by atoms with Crippen LogP contribution in [-0.2, 0) is 19.7 Å². The molecule has 0 saturated heterocycles. The van der Waals surface area contributed by atoms with Gasteiger partial charge in [0, 0.05) is 23.5 Å². The quantitative estimate of drug-likeness (QED) is 0.493. The Kier molecular flexibility index (Phi) is 8.65. The predicted molar refractivity (Wildman–Crippen MR) is 115 cm³/mol. The second kappa shape index (κ2) is 11.0. The zero-order chi connectivity index (χ0) is 18.2. The summed E-state index contributed by atoms with van der Waals surface area (Å²) >= 11 is 1.76. The van der Waals surface area contributed by atoms with E-state index >= 15 is 0 Å². The van der Waals surface area contributed by atoms with Crippen LogP contribution in [0.2, 0.25) is 0 Å². The van der Waals surface area contributed by atoms with Crippen LogP contribution in [0.15, 0.2) is 60.0 Å². The molecule has 0 bridgehead atoms. The number of ether oxygens (including phenoxy) is 2. The zero-order valence-corrected chi connectivity index (χ0v) is 17.4. The fourth-order valence-electron chi connectivity index (χ4n) is 2.71. The summed E-state index contributed by atoms with van der Waals surface area (Å²) in [6.07, 6.45) is 0. The second-order valence-electron chi connectivity index (χ2n) is 6.13. The van der Waals surface area contributed by atoms with Crippen molar-refractivity contribution < 1.29 is 9.47 Å². The summed E-state index contributed by atoms with van der Waals surface area (Å²) in [6.45, 7) is 6.82. The van der Waals surface area contributed by atoms with Crippen molar-refractivity contribution in [3.63, 3.8) is 0 Å². The molecule has 1 N–H and O–H groups in total. The lowest BCUT2D eigenvalue weighted by molar-refractivity contribution is 0.266. The molecule has 0 aliphatic heterocycles. The Balaban J connectivity index is 0.00000261. The highest BCUT2D eigenvalue weighted by molar-refractivity contribution is 7.09. The molecule has 0 unspecified atom stereocenters. The third-order valence-electron chi connectivity index (χ3n) is 4.06. The summed E-state index contributed by atoms with van der Waals surface area (Å²) in [5, 5.41) is 5.59. The van der Waals surface area contributed by atoms with Crippen LogP contribution in [0.5, 0.6) is 11.5 Å². The molecule has 5 heteroatoms. The number of thiophene rings is 1. The van der Waals surface area contributed by atoms with E-state index < -0.39 is 0 Å². The molecular weight excluding hydrogens is 378 g/mol. The molecule has 0 fully saturated rings. The molecule has 0 saturated carbocycles. The number of halogens is 1. The molecule has 0 atom stereocenters. The van der Waals surface area contributed by atoms with Crippen LogP contribution >= 0.6 is 23.7 Å². The lowest BCUT2D eigenvalue weighted by Crippen LogP contribution is -2.13. The highest BCUT2D eigenvalue weighted by atomic mass is 35.5. The standard InChI is InChI=1S/C22H25NO2S.ClH/c1-3-24-21-8-4-6-19(14-23-15-20-7-5-13-26-20)22(21)25-16-18-11-9-17(2)10-12-18;/h4-13,23H,3,14-16H2,1-2H3;1H. The van der Waals surface area contributed by atoms with Crippen molar-refractivity contribution in [2.45, 2.75) is 33.5 Å². The topological polar surface area (TPSA) is 30.5 Å². The predicted octanol–water partition coefficient (Wildman–Crippen LogP) is 5.75. The average Bonchev–Trinajstić information content (AvgIpc) is 3.16. The van der Waals surface area contributed by atoms with E-state index in [-0.39, 0.29) is 12.4 Å². The van der Waals surface area contributed by atoms with Gasteiger partial charge in [-0.05, 0) is 36.9 Å². The van der Waals surface area contributed by atoms with Crippen molar-refractivity contribution in [1.82, 2.24) is 5.32 Å². The van der Waals surface area contributed by atoms with Crippen molar-refractivity contribution in [2.24, 2.45) is 0 Å². The monoisotopic (exact) mass is 403 g/mol. The summed E-state index contributed by atoms with van der Waals surface area (Å²) in [5.41, 5.74) is 3.51. The Bertz CT molecular complexity index is 804. The Morgan fingerprint density at radius 3 is 2.44 bits per heavy atom. The van der Waals surface area contributed by atoms with Crippen LogP contribution in [0, 0.1) is 6.92 Å². The summed E-state index contributed by atoms with van der Waals surface area (Å²) in [4.78, 5) is 1.33. The van der Waals surface area contributed by atoms with Gasteiger partial charge in [-0.3, -0.25) is 0 Å². The van der Waals surface area contributed by atoms with Crippen molar-refractivity contribution in [3.8, 4) is 11.5 Å². The third-order valence-corrected chi connectivity index (χ3v) is 4.94. The molecule has 3 aromatic rings. The van der Waals surface area contributed by atoms with Gasteiger partial charge in [0.15, 0.2) is 11.5 Å². The molecule has 1 heterocycles. The van der Waals surface area contributed by atoms with Gasteiger partial charge in [0.25, 0.3) is 0 Å². The minimum atomic E-state index is 0. The zero-order valence-electron chi connectivity index (χ0n) is 15.7. The van der Waals surface area contributed by atoms with Gasteiger partial charge in [0.2, 0.25) is 0 Å². The molecule has 0 spiro atoms. The lowest BCUT2D eigenvalue weighted by Gasteiger charge is -2.16. The lowest BCUT2D eigenvalue weighted by atomic mass is 10.1. The molecule has 3 nitrogen and oxygen atoms in total. The number of aryl methyl sites for hydroxylation is 1. The van der Waals surface area contributed by atoms with E-state index in [1.165, 1.54) is 10.4 Å². The molecule has 144 valence electrons. The number of para-hydroxylation sites is 1. The maximum absolute atomic E-state index is 6.17. The van der Waals surface area contributed by atoms with Gasteiger partial charge >= 0.3 is 0 Å². The van der Waals surface area contributed by atoms with E-state index in [0.29, 0.717) is 13.2 Å². The number of rotatable bonds is 9. The third kappa shape index (κ3) is 6.28. The summed E-state index contributed by atoms with van der Waals surface area (Å²) in [6, 6.07) is 18.7. The molecular formula is C22H26ClNO2S. The van der Waals surface area contributed by atoms with Crippen molar-refractivity contribution in [3.05, 3.63) is 81.5 Å². The number of nitrogens with one attached hydrogen (secondary N) is 1. The number of hydrogen-bond donors (Lipinski definition) is 1. The van der Waals surface area contributed by atoms with E-state index in [9.17, 15) is 0 Å². The van der Waals surface area contributed by atoms with Crippen LogP contribution in [0.4, 0.5) is 0 Å². The summed E-state index contributed by atoms with van der Waals surface area (Å²) in [7, 11) is 0. The molecule has 0 radical (unpaired) electrons. The number of benzene rings is 2. The van der Waals surface area contributed by atoms with Crippen LogP contribution < -0.4 is 14.8 Å². The first-order valence-corrected chi connectivity index (χ1v) is 9.80. The number of hydrogen-bond acceptors (Lipinski definition) is 4. The summed E-state index contributed by atoms with van der Waals surface area (Å²) in [5.74, 6) is 1.63. The molecule has 27 heavy (non-hydrogen) atoms. The normalized spacial score (nSPS) is 10.3. The average molecular weight is 404 g/mol. The van der Waals surface area contributed by atoms with Crippen LogP contribution in [0.25, 0.3) is 0 Å². The van der Waals surface area contributed by atoms with Crippen LogP contribution in [0.3, 0.4) is 0 Å². The van der Waals surface area contributed by atoms with E-state index in [1.54, 1.807) is 11.3 Å². The summed E-state index contributed by atoms with van der Waals surface area (Å²) < 4.78 is 12.0. The second-order valence-corrected chi connectivity index (χ2v) is 7.17. The van der Waals surface area contributed by atoms with Gasteiger partial charge in [0.1, 0.15) is 6.61 Å². The first kappa shape index (κ1) is 21.3. The molecule has 2 aromatic carbocycles. The highest BCUT2D eigenvalue weighted by Crippen LogP contribution is 2.32. The van der Waals surface area contributed by atoms with Gasteiger partial charge in [0.05, 0.1) is 6.61 Å². The van der Waals surface area contributed by atoms with E-state index in [1.807, 2.05) is 19.1 Å².